The summed E-state index contributed by atoms with van der Waals surface area (Å²) in [6, 6.07) is 9.62. The van der Waals surface area contributed by atoms with E-state index in [-0.39, 0.29) is 5.56 Å². The average Bonchev–Trinajstić information content (AvgIpc) is 2.33. The van der Waals surface area contributed by atoms with Crippen molar-refractivity contribution in [1.82, 2.24) is 10.2 Å². The number of halogens is 1. The zero-order valence-corrected chi connectivity index (χ0v) is 9.35. The molecule has 0 amide bonds. The molecule has 0 fully saturated rings. The number of aromatic carboxylic acids is 1. The van der Waals surface area contributed by atoms with E-state index in [0.717, 1.165) is 5.69 Å². The third kappa shape index (κ3) is 2.92. The number of hydrogen-bond donors (Lipinski definition) is 2. The molecule has 0 saturated heterocycles. The molecule has 2 aromatic rings. The van der Waals surface area contributed by atoms with Crippen molar-refractivity contribution >= 4 is 29.1 Å². The molecule has 6 heteroatoms. The van der Waals surface area contributed by atoms with Gasteiger partial charge < -0.3 is 10.4 Å². The Morgan fingerprint density at radius 2 is 1.82 bits per heavy atom. The average molecular weight is 250 g/mol. The Balaban J connectivity index is 2.13. The summed E-state index contributed by atoms with van der Waals surface area (Å²) in [5.41, 5.74) is 0.962. The Morgan fingerprint density at radius 3 is 2.35 bits per heavy atom. The SMILES string of the molecule is O=C(O)c1ccc(Nc2ccc(Cl)nn2)cc1. The Hall–Kier alpha value is -2.14. The van der Waals surface area contributed by atoms with Crippen molar-refractivity contribution in [3.8, 4) is 0 Å². The number of anilines is 2. The quantitative estimate of drug-likeness (QED) is 0.874. The minimum Gasteiger partial charge on any atom is -0.478 e. The van der Waals surface area contributed by atoms with Gasteiger partial charge in [0.15, 0.2) is 11.0 Å². The monoisotopic (exact) mass is 249 g/mol. The van der Waals surface area contributed by atoms with Gasteiger partial charge in [-0.05, 0) is 36.4 Å². The van der Waals surface area contributed by atoms with E-state index in [1.54, 1.807) is 24.3 Å². The van der Waals surface area contributed by atoms with Gasteiger partial charge in [0.25, 0.3) is 0 Å². The number of aromatic nitrogens is 2. The van der Waals surface area contributed by atoms with E-state index in [0.29, 0.717) is 11.0 Å². The minimum absolute atomic E-state index is 0.234. The first-order valence-corrected chi connectivity index (χ1v) is 5.12. The summed E-state index contributed by atoms with van der Waals surface area (Å²) in [6.07, 6.45) is 0. The number of nitrogens with zero attached hydrogens (tertiary/aromatic N) is 2. The highest BCUT2D eigenvalue weighted by Gasteiger charge is 2.02. The second kappa shape index (κ2) is 4.80. The Morgan fingerprint density at radius 1 is 1.12 bits per heavy atom. The zero-order chi connectivity index (χ0) is 12.3. The molecule has 0 aliphatic heterocycles. The standard InChI is InChI=1S/C11H8ClN3O2/c12-9-5-6-10(15-14-9)13-8-3-1-7(2-4-8)11(16)17/h1-6H,(H,13,15)(H,16,17). The maximum absolute atomic E-state index is 10.7. The third-order valence-corrected chi connectivity index (χ3v) is 2.24. The second-order valence-electron chi connectivity index (χ2n) is 3.25. The molecule has 0 bridgehead atoms. The summed E-state index contributed by atoms with van der Waals surface area (Å²) < 4.78 is 0. The molecule has 1 aromatic carbocycles. The molecule has 0 aliphatic carbocycles. The minimum atomic E-state index is -0.956. The van der Waals surface area contributed by atoms with E-state index in [1.807, 2.05) is 0 Å². The first-order chi connectivity index (χ1) is 8.15. The summed E-state index contributed by atoms with van der Waals surface area (Å²) in [7, 11) is 0. The van der Waals surface area contributed by atoms with E-state index >= 15 is 0 Å². The Bertz CT molecular complexity index is 525. The van der Waals surface area contributed by atoms with E-state index < -0.39 is 5.97 Å². The molecule has 1 heterocycles. The number of carbonyl (C=O) groups is 1. The van der Waals surface area contributed by atoms with Crippen LogP contribution in [0.3, 0.4) is 0 Å². The number of carboxylic acids is 1. The van der Waals surface area contributed by atoms with Crippen LogP contribution in [0.4, 0.5) is 11.5 Å². The van der Waals surface area contributed by atoms with Gasteiger partial charge in [-0.2, -0.15) is 0 Å². The van der Waals surface area contributed by atoms with Gasteiger partial charge in [0.1, 0.15) is 0 Å². The lowest BCUT2D eigenvalue weighted by atomic mass is 10.2. The largest absolute Gasteiger partial charge is 0.478 e. The van der Waals surface area contributed by atoms with Gasteiger partial charge >= 0.3 is 5.97 Å². The highest BCUT2D eigenvalue weighted by Crippen LogP contribution is 2.15. The topological polar surface area (TPSA) is 75.1 Å². The van der Waals surface area contributed by atoms with Crippen molar-refractivity contribution in [2.24, 2.45) is 0 Å². The summed E-state index contributed by atoms with van der Waals surface area (Å²) in [5, 5.41) is 19.5. The lowest BCUT2D eigenvalue weighted by Crippen LogP contribution is -1.98. The molecule has 0 atom stereocenters. The summed E-state index contributed by atoms with van der Waals surface area (Å²) in [6.45, 7) is 0. The predicted molar refractivity (Wildman–Crippen MR) is 63.7 cm³/mol. The van der Waals surface area contributed by atoms with Gasteiger partial charge in [0.2, 0.25) is 0 Å². The molecule has 0 aliphatic rings. The number of hydrogen-bond acceptors (Lipinski definition) is 4. The van der Waals surface area contributed by atoms with Crippen LogP contribution in [0.1, 0.15) is 10.4 Å². The second-order valence-corrected chi connectivity index (χ2v) is 3.64. The Kier molecular flexibility index (Phi) is 3.20. The smallest absolute Gasteiger partial charge is 0.335 e. The summed E-state index contributed by atoms with van der Waals surface area (Å²) in [4.78, 5) is 10.7. The van der Waals surface area contributed by atoms with Gasteiger partial charge in [0.05, 0.1) is 5.56 Å². The number of rotatable bonds is 3. The molecule has 2 rings (SSSR count). The van der Waals surface area contributed by atoms with Crippen molar-refractivity contribution < 1.29 is 9.90 Å². The molecular weight excluding hydrogens is 242 g/mol. The maximum atomic E-state index is 10.7. The molecule has 17 heavy (non-hydrogen) atoms. The molecular formula is C11H8ClN3O2. The van der Waals surface area contributed by atoms with Crippen LogP contribution in [0.5, 0.6) is 0 Å². The third-order valence-electron chi connectivity index (χ3n) is 2.04. The van der Waals surface area contributed by atoms with E-state index in [9.17, 15) is 4.79 Å². The van der Waals surface area contributed by atoms with Crippen molar-refractivity contribution in [1.29, 1.82) is 0 Å². The van der Waals surface area contributed by atoms with Crippen LogP contribution in [0, 0.1) is 0 Å². The highest BCUT2D eigenvalue weighted by molar-refractivity contribution is 6.29. The maximum Gasteiger partial charge on any atom is 0.335 e. The highest BCUT2D eigenvalue weighted by atomic mass is 35.5. The molecule has 1 aromatic heterocycles. The first kappa shape index (κ1) is 11.3. The fourth-order valence-electron chi connectivity index (χ4n) is 1.23. The van der Waals surface area contributed by atoms with Gasteiger partial charge in [0, 0.05) is 5.69 Å². The number of nitrogens with one attached hydrogen (secondary N) is 1. The lowest BCUT2D eigenvalue weighted by Gasteiger charge is -2.04. The van der Waals surface area contributed by atoms with E-state index in [1.165, 1.54) is 12.1 Å². The molecule has 0 spiro atoms. The van der Waals surface area contributed by atoms with Gasteiger partial charge in [-0.3, -0.25) is 0 Å². The van der Waals surface area contributed by atoms with Crippen LogP contribution in [0.15, 0.2) is 36.4 Å². The van der Waals surface area contributed by atoms with Crippen LogP contribution in [0.25, 0.3) is 0 Å². The van der Waals surface area contributed by atoms with Gasteiger partial charge in [-0.15, -0.1) is 10.2 Å². The van der Waals surface area contributed by atoms with Gasteiger partial charge in [-0.1, -0.05) is 11.6 Å². The van der Waals surface area contributed by atoms with Crippen molar-refractivity contribution in [3.05, 3.63) is 47.1 Å². The van der Waals surface area contributed by atoms with Gasteiger partial charge in [-0.25, -0.2) is 4.79 Å². The fourth-order valence-corrected chi connectivity index (χ4v) is 1.33. The molecule has 5 nitrogen and oxygen atoms in total. The van der Waals surface area contributed by atoms with Crippen LogP contribution >= 0.6 is 11.6 Å². The van der Waals surface area contributed by atoms with Crippen LogP contribution in [-0.4, -0.2) is 21.3 Å². The molecule has 86 valence electrons. The molecule has 0 unspecified atom stereocenters. The van der Waals surface area contributed by atoms with E-state index in [2.05, 4.69) is 15.5 Å². The molecule has 2 N–H and O–H groups in total. The Labute approximate surface area is 102 Å². The molecule has 0 saturated carbocycles. The summed E-state index contributed by atoms with van der Waals surface area (Å²) in [5.74, 6) is -0.416. The normalized spacial score (nSPS) is 9.94. The van der Waals surface area contributed by atoms with Crippen molar-refractivity contribution in [2.45, 2.75) is 0 Å². The zero-order valence-electron chi connectivity index (χ0n) is 8.59. The predicted octanol–water partition coefficient (Wildman–Crippen LogP) is 2.57. The van der Waals surface area contributed by atoms with Crippen LogP contribution in [-0.2, 0) is 0 Å². The van der Waals surface area contributed by atoms with E-state index in [4.69, 9.17) is 16.7 Å². The van der Waals surface area contributed by atoms with Crippen molar-refractivity contribution in [3.63, 3.8) is 0 Å². The van der Waals surface area contributed by atoms with Crippen molar-refractivity contribution in [2.75, 3.05) is 5.32 Å². The van der Waals surface area contributed by atoms with Crippen LogP contribution in [0.2, 0.25) is 5.15 Å². The first-order valence-electron chi connectivity index (χ1n) is 4.75. The molecule has 0 radical (unpaired) electrons. The van der Waals surface area contributed by atoms with Crippen LogP contribution < -0.4 is 5.32 Å². The fraction of sp³-hybridized carbons (Fsp3) is 0. The lowest BCUT2D eigenvalue weighted by molar-refractivity contribution is 0.0697. The number of carboxylic acid groups (broad SMARTS) is 1. The summed E-state index contributed by atoms with van der Waals surface area (Å²) >= 11 is 5.60. The number of benzene rings is 1.